The van der Waals surface area contributed by atoms with Gasteiger partial charge in [0.15, 0.2) is 0 Å². The molecule has 0 bridgehead atoms. The minimum absolute atomic E-state index is 0.0378. The molecule has 2 heterocycles. The van der Waals surface area contributed by atoms with Crippen LogP contribution in [0.5, 0.6) is 0 Å². The van der Waals surface area contributed by atoms with E-state index in [1.165, 1.54) is 19.3 Å². The van der Waals surface area contributed by atoms with Gasteiger partial charge < -0.3 is 15.1 Å². The van der Waals surface area contributed by atoms with Gasteiger partial charge >= 0.3 is 0 Å². The zero-order valence-electron chi connectivity index (χ0n) is 15.9. The van der Waals surface area contributed by atoms with Crippen molar-refractivity contribution in [1.82, 2.24) is 15.1 Å². The van der Waals surface area contributed by atoms with Crippen LogP contribution >= 0.6 is 0 Å². The lowest BCUT2D eigenvalue weighted by Gasteiger charge is -2.32. The van der Waals surface area contributed by atoms with Crippen molar-refractivity contribution in [3.63, 3.8) is 0 Å². The van der Waals surface area contributed by atoms with E-state index >= 15 is 0 Å². The van der Waals surface area contributed by atoms with Gasteiger partial charge in [0.1, 0.15) is 0 Å². The highest BCUT2D eigenvalue weighted by Gasteiger charge is 2.28. The number of hydrogen-bond acceptors (Lipinski definition) is 3. The summed E-state index contributed by atoms with van der Waals surface area (Å²) >= 11 is 0. The lowest BCUT2D eigenvalue weighted by Crippen LogP contribution is -2.46. The molecule has 0 spiro atoms. The molecule has 1 N–H and O–H groups in total. The molecule has 142 valence electrons. The van der Waals surface area contributed by atoms with Crippen LogP contribution < -0.4 is 5.32 Å². The quantitative estimate of drug-likeness (QED) is 0.881. The molecule has 0 aromatic heterocycles. The molecule has 2 saturated heterocycles. The van der Waals surface area contributed by atoms with Crippen LogP contribution in [0.3, 0.4) is 0 Å². The molecule has 2 aliphatic heterocycles. The number of carbonyl (C=O) groups excluding carboxylic acids is 2. The van der Waals surface area contributed by atoms with Crippen molar-refractivity contribution >= 4 is 11.8 Å². The van der Waals surface area contributed by atoms with E-state index in [9.17, 15) is 9.59 Å². The SMILES string of the molecule is Cc1ccc(C(=O)N2CCCC(C(=O)NCCN3CCCCC3)C2)cc1. The Labute approximate surface area is 156 Å². The van der Waals surface area contributed by atoms with Crippen molar-refractivity contribution in [3.05, 3.63) is 35.4 Å². The van der Waals surface area contributed by atoms with E-state index in [1.54, 1.807) is 0 Å². The summed E-state index contributed by atoms with van der Waals surface area (Å²) in [6.07, 6.45) is 5.63. The lowest BCUT2D eigenvalue weighted by atomic mass is 9.96. The zero-order valence-corrected chi connectivity index (χ0v) is 15.9. The molecule has 1 unspecified atom stereocenters. The fourth-order valence-electron chi connectivity index (χ4n) is 3.92. The smallest absolute Gasteiger partial charge is 0.253 e. The van der Waals surface area contributed by atoms with E-state index < -0.39 is 0 Å². The van der Waals surface area contributed by atoms with E-state index in [-0.39, 0.29) is 17.7 Å². The predicted molar refractivity (Wildman–Crippen MR) is 103 cm³/mol. The van der Waals surface area contributed by atoms with Crippen LogP contribution in [0.15, 0.2) is 24.3 Å². The standard InChI is InChI=1S/C21H31N3O2/c1-17-7-9-18(10-8-17)21(26)24-14-5-6-19(16-24)20(25)22-11-15-23-12-3-2-4-13-23/h7-10,19H,2-6,11-16H2,1H3,(H,22,25). The molecule has 1 atom stereocenters. The monoisotopic (exact) mass is 357 g/mol. The van der Waals surface area contributed by atoms with E-state index in [4.69, 9.17) is 0 Å². The number of aryl methyl sites for hydroxylation is 1. The first kappa shape index (κ1) is 18.9. The first-order valence-electron chi connectivity index (χ1n) is 9.99. The summed E-state index contributed by atoms with van der Waals surface area (Å²) in [7, 11) is 0. The van der Waals surface area contributed by atoms with E-state index in [0.717, 1.165) is 44.6 Å². The molecule has 0 aliphatic carbocycles. The second kappa shape index (κ2) is 9.17. The Morgan fingerprint density at radius 3 is 2.50 bits per heavy atom. The van der Waals surface area contributed by atoms with Gasteiger partial charge in [0.05, 0.1) is 5.92 Å². The number of likely N-dealkylation sites (tertiary alicyclic amines) is 2. The zero-order chi connectivity index (χ0) is 18.4. The highest BCUT2D eigenvalue weighted by Crippen LogP contribution is 2.19. The van der Waals surface area contributed by atoms with Crippen LogP contribution in [-0.2, 0) is 4.79 Å². The first-order valence-corrected chi connectivity index (χ1v) is 9.99. The minimum Gasteiger partial charge on any atom is -0.355 e. The van der Waals surface area contributed by atoms with Gasteiger partial charge in [0, 0.05) is 31.7 Å². The molecule has 5 heteroatoms. The number of benzene rings is 1. The molecule has 0 saturated carbocycles. The third-order valence-electron chi connectivity index (χ3n) is 5.55. The molecule has 2 fully saturated rings. The number of hydrogen-bond donors (Lipinski definition) is 1. The van der Waals surface area contributed by atoms with Crippen LogP contribution in [0.4, 0.5) is 0 Å². The lowest BCUT2D eigenvalue weighted by molar-refractivity contribution is -0.126. The van der Waals surface area contributed by atoms with Crippen LogP contribution in [0.25, 0.3) is 0 Å². The molecule has 0 radical (unpaired) electrons. The van der Waals surface area contributed by atoms with E-state index in [1.807, 2.05) is 36.1 Å². The maximum absolute atomic E-state index is 12.7. The Kier molecular flexibility index (Phi) is 6.67. The molecule has 26 heavy (non-hydrogen) atoms. The number of amides is 2. The van der Waals surface area contributed by atoms with Gasteiger partial charge in [-0.1, -0.05) is 24.1 Å². The highest BCUT2D eigenvalue weighted by molar-refractivity contribution is 5.94. The second-order valence-electron chi connectivity index (χ2n) is 7.65. The van der Waals surface area contributed by atoms with Gasteiger partial charge in [-0.15, -0.1) is 0 Å². The van der Waals surface area contributed by atoms with Crippen molar-refractivity contribution < 1.29 is 9.59 Å². The Morgan fingerprint density at radius 2 is 1.77 bits per heavy atom. The van der Waals surface area contributed by atoms with Crippen LogP contribution in [0, 0.1) is 12.8 Å². The summed E-state index contributed by atoms with van der Waals surface area (Å²) in [4.78, 5) is 29.5. The normalized spacial score (nSPS) is 21.4. The fraction of sp³-hybridized carbons (Fsp3) is 0.619. The van der Waals surface area contributed by atoms with Crippen LogP contribution in [0.1, 0.15) is 48.0 Å². The maximum atomic E-state index is 12.7. The summed E-state index contributed by atoms with van der Waals surface area (Å²) in [5.74, 6) is 0.0544. The topological polar surface area (TPSA) is 52.7 Å². The molecule has 2 aliphatic rings. The van der Waals surface area contributed by atoms with E-state index in [0.29, 0.717) is 18.7 Å². The summed E-state index contributed by atoms with van der Waals surface area (Å²) in [5.41, 5.74) is 1.85. The largest absolute Gasteiger partial charge is 0.355 e. The second-order valence-corrected chi connectivity index (χ2v) is 7.65. The van der Waals surface area contributed by atoms with Gasteiger partial charge in [-0.25, -0.2) is 0 Å². The Bertz CT molecular complexity index is 608. The third-order valence-corrected chi connectivity index (χ3v) is 5.55. The molecular weight excluding hydrogens is 326 g/mol. The van der Waals surface area contributed by atoms with Crippen molar-refractivity contribution in [3.8, 4) is 0 Å². The maximum Gasteiger partial charge on any atom is 0.253 e. The van der Waals surface area contributed by atoms with Gasteiger partial charge in [-0.3, -0.25) is 9.59 Å². The van der Waals surface area contributed by atoms with Gasteiger partial charge in [0.25, 0.3) is 5.91 Å². The number of carbonyl (C=O) groups is 2. The Morgan fingerprint density at radius 1 is 1.04 bits per heavy atom. The Balaban J connectivity index is 1.46. The number of piperidine rings is 2. The van der Waals surface area contributed by atoms with Crippen LogP contribution in [-0.4, -0.2) is 60.9 Å². The molecule has 1 aromatic carbocycles. The summed E-state index contributed by atoms with van der Waals surface area (Å²) < 4.78 is 0. The summed E-state index contributed by atoms with van der Waals surface area (Å²) in [5, 5.41) is 3.09. The number of rotatable bonds is 5. The minimum atomic E-state index is -0.0838. The van der Waals surface area contributed by atoms with Gasteiger partial charge in [-0.2, -0.15) is 0 Å². The molecule has 3 rings (SSSR count). The average molecular weight is 357 g/mol. The van der Waals surface area contributed by atoms with Crippen molar-refractivity contribution in [2.45, 2.75) is 39.0 Å². The van der Waals surface area contributed by atoms with Crippen LogP contribution in [0.2, 0.25) is 0 Å². The Hall–Kier alpha value is -1.88. The molecule has 2 amide bonds. The van der Waals surface area contributed by atoms with Gasteiger partial charge in [0.2, 0.25) is 5.91 Å². The van der Waals surface area contributed by atoms with E-state index in [2.05, 4.69) is 10.2 Å². The average Bonchev–Trinajstić information content (AvgIpc) is 2.69. The van der Waals surface area contributed by atoms with Gasteiger partial charge in [-0.05, 0) is 57.8 Å². The molecular formula is C21H31N3O2. The van der Waals surface area contributed by atoms with Crippen molar-refractivity contribution in [2.24, 2.45) is 5.92 Å². The third kappa shape index (κ3) is 5.07. The molecule has 1 aromatic rings. The summed E-state index contributed by atoms with van der Waals surface area (Å²) in [6.45, 7) is 7.23. The van der Waals surface area contributed by atoms with Crippen molar-refractivity contribution in [2.75, 3.05) is 39.3 Å². The first-order chi connectivity index (χ1) is 12.6. The highest BCUT2D eigenvalue weighted by atomic mass is 16.2. The predicted octanol–water partition coefficient (Wildman–Crippen LogP) is 2.45. The molecule has 5 nitrogen and oxygen atoms in total. The number of nitrogens with zero attached hydrogens (tertiary/aromatic N) is 2. The number of nitrogens with one attached hydrogen (secondary N) is 1. The van der Waals surface area contributed by atoms with Crippen molar-refractivity contribution in [1.29, 1.82) is 0 Å². The summed E-state index contributed by atoms with van der Waals surface area (Å²) in [6, 6.07) is 7.67. The fourth-order valence-corrected chi connectivity index (χ4v) is 3.92.